The number of nitrogens with one attached hydrogen (secondary N) is 1. The molecule has 2 aliphatic rings. The van der Waals surface area contributed by atoms with Gasteiger partial charge in [-0.05, 0) is 31.0 Å². The molecule has 9 heteroatoms. The molecule has 0 bridgehead atoms. The predicted octanol–water partition coefficient (Wildman–Crippen LogP) is 2.47. The molecule has 28 heavy (non-hydrogen) atoms. The largest absolute Gasteiger partial charge is 0.496 e. The number of rotatable bonds is 4. The number of piperazine rings is 1. The van der Waals surface area contributed by atoms with Crippen LogP contribution in [0.25, 0.3) is 0 Å². The van der Waals surface area contributed by atoms with Crippen LogP contribution in [-0.2, 0) is 16.1 Å². The van der Waals surface area contributed by atoms with Crippen LogP contribution >= 0.6 is 39.9 Å². The van der Waals surface area contributed by atoms with E-state index in [0.717, 1.165) is 47.7 Å². The summed E-state index contributed by atoms with van der Waals surface area (Å²) >= 11 is 3.50. The molecule has 2 aliphatic heterocycles. The van der Waals surface area contributed by atoms with Crippen molar-refractivity contribution in [1.82, 2.24) is 15.1 Å². The van der Waals surface area contributed by atoms with Gasteiger partial charge in [0.25, 0.3) is 5.91 Å². The summed E-state index contributed by atoms with van der Waals surface area (Å²) in [6, 6.07) is 5.94. The molecule has 2 fully saturated rings. The van der Waals surface area contributed by atoms with E-state index in [4.69, 9.17) is 9.47 Å². The van der Waals surface area contributed by atoms with E-state index in [2.05, 4.69) is 31.1 Å². The van der Waals surface area contributed by atoms with Crippen molar-refractivity contribution < 1.29 is 14.3 Å². The van der Waals surface area contributed by atoms with E-state index < -0.39 is 0 Å². The Kier molecular flexibility index (Phi) is 9.29. The van der Waals surface area contributed by atoms with E-state index >= 15 is 0 Å². The number of nitrogens with zero attached hydrogens (tertiary/aromatic N) is 3. The van der Waals surface area contributed by atoms with E-state index in [0.29, 0.717) is 26.2 Å². The second kappa shape index (κ2) is 11.2. The van der Waals surface area contributed by atoms with Crippen molar-refractivity contribution in [1.29, 1.82) is 0 Å². The van der Waals surface area contributed by atoms with Crippen molar-refractivity contribution >= 4 is 51.8 Å². The fraction of sp³-hybridized carbons (Fsp3) is 0.579. The van der Waals surface area contributed by atoms with Crippen molar-refractivity contribution in [3.05, 3.63) is 28.2 Å². The van der Waals surface area contributed by atoms with Gasteiger partial charge in [0.2, 0.25) is 0 Å². The van der Waals surface area contributed by atoms with Gasteiger partial charge >= 0.3 is 0 Å². The number of ether oxygens (including phenoxy) is 2. The van der Waals surface area contributed by atoms with E-state index in [-0.39, 0.29) is 36.0 Å². The van der Waals surface area contributed by atoms with Gasteiger partial charge in [-0.15, -0.1) is 24.0 Å². The summed E-state index contributed by atoms with van der Waals surface area (Å²) in [6.45, 7) is 4.22. The SMILES string of the molecule is CN=C(NCc1cc(Br)ccc1OC)N1CCN(C(=O)C2CCCO2)CC1.I. The number of carbonyl (C=O) groups is 1. The van der Waals surface area contributed by atoms with E-state index in [1.54, 1.807) is 14.2 Å². The summed E-state index contributed by atoms with van der Waals surface area (Å²) in [5.74, 6) is 1.81. The molecule has 0 saturated carbocycles. The van der Waals surface area contributed by atoms with Crippen molar-refractivity contribution in [2.45, 2.75) is 25.5 Å². The molecule has 0 spiro atoms. The van der Waals surface area contributed by atoms with Gasteiger partial charge in [-0.3, -0.25) is 9.79 Å². The van der Waals surface area contributed by atoms with Crippen LogP contribution < -0.4 is 10.1 Å². The number of aliphatic imine (C=N–C) groups is 1. The van der Waals surface area contributed by atoms with Crippen molar-refractivity contribution in [3.63, 3.8) is 0 Å². The Bertz CT molecular complexity index is 690. The molecule has 2 saturated heterocycles. The van der Waals surface area contributed by atoms with Gasteiger partial charge in [-0.25, -0.2) is 0 Å². The van der Waals surface area contributed by atoms with Gasteiger partial charge in [0.05, 0.1) is 7.11 Å². The van der Waals surface area contributed by atoms with Crippen LogP contribution in [0.15, 0.2) is 27.7 Å². The third-order valence-corrected chi connectivity index (χ3v) is 5.48. The molecule has 1 N–H and O–H groups in total. The number of amides is 1. The first-order valence-corrected chi connectivity index (χ1v) is 10.1. The number of benzene rings is 1. The number of guanidine groups is 1. The maximum absolute atomic E-state index is 12.5. The lowest BCUT2D eigenvalue weighted by Gasteiger charge is -2.37. The summed E-state index contributed by atoms with van der Waals surface area (Å²) in [7, 11) is 3.45. The molecule has 0 aromatic heterocycles. The van der Waals surface area contributed by atoms with E-state index in [9.17, 15) is 4.79 Å². The Hall–Kier alpha value is -1.07. The van der Waals surface area contributed by atoms with Crippen LogP contribution in [0.4, 0.5) is 0 Å². The highest BCUT2D eigenvalue weighted by atomic mass is 127. The van der Waals surface area contributed by atoms with Gasteiger partial charge < -0.3 is 24.6 Å². The Balaban J connectivity index is 0.00000280. The van der Waals surface area contributed by atoms with Crippen LogP contribution in [0.3, 0.4) is 0 Å². The Labute approximate surface area is 192 Å². The highest BCUT2D eigenvalue weighted by Gasteiger charge is 2.30. The fourth-order valence-corrected chi connectivity index (χ4v) is 3.92. The molecule has 1 atom stereocenters. The fourth-order valence-electron chi connectivity index (χ4n) is 3.51. The minimum Gasteiger partial charge on any atom is -0.496 e. The standard InChI is InChI=1S/C19H27BrN4O3.HI/c1-21-19(22-13-14-12-15(20)5-6-16(14)26-2)24-9-7-23(8-10-24)18(25)17-4-3-11-27-17;/h5-6,12,17H,3-4,7-11,13H2,1-2H3,(H,21,22);1H. The summed E-state index contributed by atoms with van der Waals surface area (Å²) < 4.78 is 12.0. The number of halogens is 2. The monoisotopic (exact) mass is 566 g/mol. The molecule has 1 amide bonds. The van der Waals surface area contributed by atoms with Crippen molar-refractivity contribution in [2.24, 2.45) is 4.99 Å². The molecule has 2 heterocycles. The Morgan fingerprint density at radius 3 is 2.64 bits per heavy atom. The van der Waals surface area contributed by atoms with Crippen molar-refractivity contribution in [3.8, 4) is 5.75 Å². The second-order valence-electron chi connectivity index (χ2n) is 6.67. The highest BCUT2D eigenvalue weighted by Crippen LogP contribution is 2.23. The van der Waals surface area contributed by atoms with Crippen LogP contribution in [0, 0.1) is 0 Å². The van der Waals surface area contributed by atoms with Gasteiger partial charge in [0.1, 0.15) is 11.9 Å². The topological polar surface area (TPSA) is 66.4 Å². The molecule has 0 radical (unpaired) electrons. The minimum absolute atomic E-state index is 0. The molecule has 156 valence electrons. The molecule has 1 unspecified atom stereocenters. The third-order valence-electron chi connectivity index (χ3n) is 4.99. The number of hydrogen-bond donors (Lipinski definition) is 1. The first-order chi connectivity index (χ1) is 13.1. The second-order valence-corrected chi connectivity index (χ2v) is 7.59. The van der Waals surface area contributed by atoms with Crippen molar-refractivity contribution in [2.75, 3.05) is 46.9 Å². The third kappa shape index (κ3) is 5.73. The van der Waals surface area contributed by atoms with Gasteiger partial charge in [0, 0.05) is 56.4 Å². The zero-order valence-corrected chi connectivity index (χ0v) is 20.2. The Morgan fingerprint density at radius 2 is 2.04 bits per heavy atom. The lowest BCUT2D eigenvalue weighted by molar-refractivity contribution is -0.142. The molecule has 0 aliphatic carbocycles. The van der Waals surface area contributed by atoms with E-state index in [1.807, 2.05) is 23.1 Å². The average Bonchev–Trinajstić information content (AvgIpc) is 3.23. The zero-order chi connectivity index (χ0) is 19.2. The molecule has 3 rings (SSSR count). The maximum Gasteiger partial charge on any atom is 0.251 e. The molecule has 1 aromatic carbocycles. The predicted molar refractivity (Wildman–Crippen MR) is 123 cm³/mol. The van der Waals surface area contributed by atoms with Gasteiger partial charge in [0.15, 0.2) is 5.96 Å². The molecule has 7 nitrogen and oxygen atoms in total. The van der Waals surface area contributed by atoms with Gasteiger partial charge in [-0.2, -0.15) is 0 Å². The first-order valence-electron chi connectivity index (χ1n) is 9.30. The van der Waals surface area contributed by atoms with Crippen LogP contribution in [0.5, 0.6) is 5.75 Å². The lowest BCUT2D eigenvalue weighted by Crippen LogP contribution is -2.55. The van der Waals surface area contributed by atoms with Crippen LogP contribution in [-0.4, -0.2) is 74.7 Å². The molecular weight excluding hydrogens is 539 g/mol. The number of carbonyl (C=O) groups excluding carboxylic acids is 1. The van der Waals surface area contributed by atoms with Crippen LogP contribution in [0.1, 0.15) is 18.4 Å². The smallest absolute Gasteiger partial charge is 0.251 e. The summed E-state index contributed by atoms with van der Waals surface area (Å²) in [5, 5.41) is 3.40. The minimum atomic E-state index is -0.238. The average molecular weight is 567 g/mol. The number of hydrogen-bond acceptors (Lipinski definition) is 4. The van der Waals surface area contributed by atoms with Gasteiger partial charge in [-0.1, -0.05) is 15.9 Å². The summed E-state index contributed by atoms with van der Waals surface area (Å²) in [5.41, 5.74) is 1.06. The van der Waals surface area contributed by atoms with E-state index in [1.165, 1.54) is 0 Å². The quantitative estimate of drug-likeness (QED) is 0.345. The normalized spacial score (nSPS) is 20.0. The zero-order valence-electron chi connectivity index (χ0n) is 16.3. The molecular formula is C19H28BrIN4O3. The first kappa shape index (κ1) is 23.2. The van der Waals surface area contributed by atoms with Crippen LogP contribution in [0.2, 0.25) is 0 Å². The lowest BCUT2D eigenvalue weighted by atomic mass is 10.2. The summed E-state index contributed by atoms with van der Waals surface area (Å²) in [4.78, 5) is 21.0. The maximum atomic E-state index is 12.5. The highest BCUT2D eigenvalue weighted by molar-refractivity contribution is 14.0. The summed E-state index contributed by atoms with van der Waals surface area (Å²) in [6.07, 6.45) is 1.58. The molecule has 1 aromatic rings. The number of methoxy groups -OCH3 is 1. The Morgan fingerprint density at radius 1 is 1.32 bits per heavy atom.